The fourth-order valence-electron chi connectivity index (χ4n) is 1.44. The van der Waals surface area contributed by atoms with Crippen LogP contribution in [-0.4, -0.2) is 15.5 Å². The number of anilines is 1. The van der Waals surface area contributed by atoms with Crippen molar-refractivity contribution in [1.29, 1.82) is 0 Å². The molecule has 0 aliphatic rings. The Morgan fingerprint density at radius 3 is 2.80 bits per heavy atom. The summed E-state index contributed by atoms with van der Waals surface area (Å²) in [6, 6.07) is 0. The summed E-state index contributed by atoms with van der Waals surface area (Å²) in [5.41, 5.74) is 0.00888. The molecule has 1 heterocycles. The molecule has 15 heavy (non-hydrogen) atoms. The minimum absolute atomic E-state index is 0.00888. The molecule has 5 heteroatoms. The zero-order valence-corrected chi connectivity index (χ0v) is 11.5. The molecule has 0 saturated heterocycles. The molecule has 1 N–H and O–H groups in total. The second kappa shape index (κ2) is 5.12. The van der Waals surface area contributed by atoms with Crippen molar-refractivity contribution in [1.82, 2.24) is 9.97 Å². The van der Waals surface area contributed by atoms with Gasteiger partial charge in [0.05, 0.1) is 4.47 Å². The lowest BCUT2D eigenvalue weighted by Crippen LogP contribution is -2.31. The Bertz CT molecular complexity index is 341. The summed E-state index contributed by atoms with van der Waals surface area (Å²) in [5, 5.41) is 3.60. The molecule has 0 amide bonds. The predicted molar refractivity (Wildman–Crippen MR) is 67.4 cm³/mol. The predicted octanol–water partition coefficient (Wildman–Crippen LogP) is 3.88. The minimum Gasteiger partial charge on any atom is -0.364 e. The van der Waals surface area contributed by atoms with Crippen LogP contribution in [-0.2, 0) is 0 Å². The van der Waals surface area contributed by atoms with Crippen LogP contribution in [0.5, 0.6) is 0 Å². The average molecular weight is 293 g/mol. The first kappa shape index (κ1) is 12.7. The Balaban J connectivity index is 2.83. The quantitative estimate of drug-likeness (QED) is 0.856. The Hall–Kier alpha value is -0.350. The summed E-state index contributed by atoms with van der Waals surface area (Å²) in [4.78, 5) is 8.02. The standard InChI is InChI=1S/C10H15BrClN3/c1-4-5-10(2,3)15-8-7(11)6-13-9(12)14-8/h6H,4-5H2,1-3H3,(H,13,14,15). The Kier molecular flexibility index (Phi) is 4.34. The second-order valence-corrected chi connectivity index (χ2v) is 5.29. The van der Waals surface area contributed by atoms with Gasteiger partial charge in [-0.05, 0) is 47.8 Å². The van der Waals surface area contributed by atoms with Gasteiger partial charge < -0.3 is 5.32 Å². The van der Waals surface area contributed by atoms with Crippen LogP contribution in [0.2, 0.25) is 5.28 Å². The van der Waals surface area contributed by atoms with Crippen molar-refractivity contribution in [3.63, 3.8) is 0 Å². The molecule has 0 saturated carbocycles. The van der Waals surface area contributed by atoms with Crippen LogP contribution in [0.25, 0.3) is 0 Å². The van der Waals surface area contributed by atoms with Crippen molar-refractivity contribution in [2.24, 2.45) is 0 Å². The molecule has 84 valence electrons. The van der Waals surface area contributed by atoms with Gasteiger partial charge in [-0.15, -0.1) is 0 Å². The molecular weight excluding hydrogens is 277 g/mol. The molecule has 0 aliphatic carbocycles. The van der Waals surface area contributed by atoms with Gasteiger partial charge in [0.2, 0.25) is 5.28 Å². The van der Waals surface area contributed by atoms with E-state index in [9.17, 15) is 0 Å². The van der Waals surface area contributed by atoms with E-state index in [4.69, 9.17) is 11.6 Å². The smallest absolute Gasteiger partial charge is 0.224 e. The van der Waals surface area contributed by atoms with Crippen LogP contribution in [0, 0.1) is 0 Å². The Labute approximate surface area is 104 Å². The molecule has 1 aromatic rings. The van der Waals surface area contributed by atoms with Crippen LogP contribution in [0.15, 0.2) is 10.7 Å². The second-order valence-electron chi connectivity index (χ2n) is 4.09. The third-order valence-corrected chi connectivity index (χ3v) is 2.81. The lowest BCUT2D eigenvalue weighted by Gasteiger charge is -2.26. The largest absolute Gasteiger partial charge is 0.364 e. The summed E-state index contributed by atoms with van der Waals surface area (Å²) in [6.45, 7) is 6.43. The maximum atomic E-state index is 5.74. The monoisotopic (exact) mass is 291 g/mol. The van der Waals surface area contributed by atoms with E-state index in [1.54, 1.807) is 6.20 Å². The Morgan fingerprint density at radius 1 is 1.53 bits per heavy atom. The first-order chi connectivity index (χ1) is 6.94. The third-order valence-electron chi connectivity index (χ3n) is 2.05. The van der Waals surface area contributed by atoms with Crippen molar-refractivity contribution in [2.75, 3.05) is 5.32 Å². The molecule has 0 spiro atoms. The zero-order chi connectivity index (χ0) is 11.5. The van der Waals surface area contributed by atoms with Crippen molar-refractivity contribution < 1.29 is 0 Å². The van der Waals surface area contributed by atoms with E-state index in [0.717, 1.165) is 23.1 Å². The molecule has 0 atom stereocenters. The number of hydrogen-bond acceptors (Lipinski definition) is 3. The summed E-state index contributed by atoms with van der Waals surface area (Å²) in [5.74, 6) is 0.744. The average Bonchev–Trinajstić information content (AvgIpc) is 2.10. The number of rotatable bonds is 4. The first-order valence-electron chi connectivity index (χ1n) is 4.91. The van der Waals surface area contributed by atoms with Gasteiger partial charge in [-0.2, -0.15) is 4.98 Å². The molecule has 0 radical (unpaired) electrons. The lowest BCUT2D eigenvalue weighted by atomic mass is 9.99. The topological polar surface area (TPSA) is 37.8 Å². The molecule has 0 bridgehead atoms. The highest BCUT2D eigenvalue weighted by Crippen LogP contribution is 2.25. The fraction of sp³-hybridized carbons (Fsp3) is 0.600. The van der Waals surface area contributed by atoms with Gasteiger partial charge in [-0.1, -0.05) is 13.3 Å². The number of nitrogens with zero attached hydrogens (tertiary/aromatic N) is 2. The molecule has 1 rings (SSSR count). The fourth-order valence-corrected chi connectivity index (χ4v) is 1.86. The lowest BCUT2D eigenvalue weighted by molar-refractivity contribution is 0.508. The van der Waals surface area contributed by atoms with E-state index in [0.29, 0.717) is 0 Å². The maximum absolute atomic E-state index is 5.74. The van der Waals surface area contributed by atoms with E-state index >= 15 is 0 Å². The van der Waals surface area contributed by atoms with Gasteiger partial charge in [0.25, 0.3) is 0 Å². The minimum atomic E-state index is 0.00888. The maximum Gasteiger partial charge on any atom is 0.224 e. The molecule has 0 aliphatic heterocycles. The summed E-state index contributed by atoms with van der Waals surface area (Å²) < 4.78 is 0.830. The van der Waals surface area contributed by atoms with Crippen molar-refractivity contribution >= 4 is 33.3 Å². The molecular formula is C10H15BrClN3. The van der Waals surface area contributed by atoms with E-state index in [1.165, 1.54) is 0 Å². The van der Waals surface area contributed by atoms with Crippen LogP contribution in [0.4, 0.5) is 5.82 Å². The number of nitrogens with one attached hydrogen (secondary N) is 1. The van der Waals surface area contributed by atoms with E-state index in [1.807, 2.05) is 0 Å². The highest BCUT2D eigenvalue weighted by Gasteiger charge is 2.18. The number of halogens is 2. The van der Waals surface area contributed by atoms with Gasteiger partial charge in [-0.3, -0.25) is 0 Å². The molecule has 1 aromatic heterocycles. The Morgan fingerprint density at radius 2 is 2.20 bits per heavy atom. The summed E-state index contributed by atoms with van der Waals surface area (Å²) in [6.07, 6.45) is 3.84. The van der Waals surface area contributed by atoms with Gasteiger partial charge in [-0.25, -0.2) is 4.98 Å². The molecule has 0 aromatic carbocycles. The molecule has 0 unspecified atom stereocenters. The van der Waals surface area contributed by atoms with E-state index in [-0.39, 0.29) is 10.8 Å². The van der Waals surface area contributed by atoms with Gasteiger partial charge >= 0.3 is 0 Å². The van der Waals surface area contributed by atoms with Crippen molar-refractivity contribution in [2.45, 2.75) is 39.2 Å². The highest BCUT2D eigenvalue weighted by atomic mass is 79.9. The van der Waals surface area contributed by atoms with Gasteiger partial charge in [0, 0.05) is 11.7 Å². The van der Waals surface area contributed by atoms with E-state index in [2.05, 4.69) is 52.0 Å². The van der Waals surface area contributed by atoms with Crippen LogP contribution in [0.3, 0.4) is 0 Å². The third kappa shape index (κ3) is 3.95. The SMILES string of the molecule is CCCC(C)(C)Nc1nc(Cl)ncc1Br. The van der Waals surface area contributed by atoms with E-state index < -0.39 is 0 Å². The number of hydrogen-bond donors (Lipinski definition) is 1. The highest BCUT2D eigenvalue weighted by molar-refractivity contribution is 9.10. The first-order valence-corrected chi connectivity index (χ1v) is 6.08. The normalized spacial score (nSPS) is 11.5. The summed E-state index contributed by atoms with van der Waals surface area (Å²) in [7, 11) is 0. The zero-order valence-electron chi connectivity index (χ0n) is 9.14. The molecule has 3 nitrogen and oxygen atoms in total. The van der Waals surface area contributed by atoms with Crippen LogP contribution in [0.1, 0.15) is 33.6 Å². The van der Waals surface area contributed by atoms with Gasteiger partial charge in [0.1, 0.15) is 5.82 Å². The van der Waals surface area contributed by atoms with Crippen molar-refractivity contribution in [3.05, 3.63) is 16.0 Å². The number of aromatic nitrogens is 2. The van der Waals surface area contributed by atoms with Crippen LogP contribution < -0.4 is 5.32 Å². The molecule has 0 fully saturated rings. The van der Waals surface area contributed by atoms with Crippen molar-refractivity contribution in [3.8, 4) is 0 Å². The summed E-state index contributed by atoms with van der Waals surface area (Å²) >= 11 is 9.13. The van der Waals surface area contributed by atoms with Crippen LogP contribution >= 0.6 is 27.5 Å². The van der Waals surface area contributed by atoms with Gasteiger partial charge in [0.15, 0.2) is 0 Å².